The quantitative estimate of drug-likeness (QED) is 0.318. The Morgan fingerprint density at radius 3 is 2.28 bits per heavy atom. The fourth-order valence-electron chi connectivity index (χ4n) is 4.38. The molecule has 1 aromatic rings. The molecule has 1 unspecified atom stereocenters. The summed E-state index contributed by atoms with van der Waals surface area (Å²) in [5, 5.41) is 3.53. The molecule has 1 N–H and O–H groups in total. The van der Waals surface area contributed by atoms with Gasteiger partial charge in [0.1, 0.15) is 5.75 Å². The first-order chi connectivity index (χ1) is 15.1. The van der Waals surface area contributed by atoms with E-state index in [2.05, 4.69) is 39.2 Å². The smallest absolute Gasteiger partial charge is 0.236 e. The number of rotatable bonds is 7. The molecule has 2 saturated heterocycles. The van der Waals surface area contributed by atoms with Crippen molar-refractivity contribution in [1.29, 1.82) is 0 Å². The summed E-state index contributed by atoms with van der Waals surface area (Å²) in [6.45, 7) is 9.18. The van der Waals surface area contributed by atoms with E-state index in [1.54, 1.807) is 7.11 Å². The second kappa shape index (κ2) is 13.9. The van der Waals surface area contributed by atoms with Crippen LogP contribution in [0.15, 0.2) is 29.3 Å². The number of hydrogen-bond donors (Lipinski definition) is 1. The van der Waals surface area contributed by atoms with Gasteiger partial charge in [-0.3, -0.25) is 14.7 Å². The molecule has 1 atom stereocenters. The number of nitrogens with zero attached hydrogens (tertiary/aromatic N) is 4. The molecule has 0 aliphatic carbocycles. The zero-order valence-electron chi connectivity index (χ0n) is 19.9. The lowest BCUT2D eigenvalue weighted by Gasteiger charge is -2.37. The molecule has 0 spiro atoms. The van der Waals surface area contributed by atoms with Crippen molar-refractivity contribution in [2.45, 2.75) is 38.5 Å². The van der Waals surface area contributed by atoms with Crippen LogP contribution in [-0.2, 0) is 4.79 Å². The van der Waals surface area contributed by atoms with Crippen LogP contribution in [0, 0.1) is 0 Å². The molecule has 2 aliphatic heterocycles. The molecule has 0 aromatic heterocycles. The van der Waals surface area contributed by atoms with Crippen LogP contribution in [0.2, 0.25) is 0 Å². The number of aliphatic imine (C=N–C) groups is 1. The van der Waals surface area contributed by atoms with Gasteiger partial charge in [-0.05, 0) is 49.3 Å². The van der Waals surface area contributed by atoms with Crippen LogP contribution in [0.1, 0.15) is 44.1 Å². The van der Waals surface area contributed by atoms with E-state index >= 15 is 0 Å². The van der Waals surface area contributed by atoms with Crippen LogP contribution >= 0.6 is 24.0 Å². The summed E-state index contributed by atoms with van der Waals surface area (Å²) in [5.74, 6) is 2.62. The Morgan fingerprint density at radius 2 is 1.69 bits per heavy atom. The van der Waals surface area contributed by atoms with Crippen LogP contribution in [0.3, 0.4) is 0 Å². The number of amides is 1. The number of methoxy groups -OCH3 is 1. The summed E-state index contributed by atoms with van der Waals surface area (Å²) in [4.78, 5) is 23.6. The Morgan fingerprint density at radius 1 is 1.03 bits per heavy atom. The van der Waals surface area contributed by atoms with Crippen molar-refractivity contribution in [2.75, 3.05) is 66.5 Å². The molecular weight excluding hydrogens is 517 g/mol. The van der Waals surface area contributed by atoms with Gasteiger partial charge in [-0.2, -0.15) is 0 Å². The third-order valence-electron chi connectivity index (χ3n) is 6.50. The number of hydrogen-bond acceptors (Lipinski definition) is 4. The molecule has 0 radical (unpaired) electrons. The maximum Gasteiger partial charge on any atom is 0.236 e. The molecule has 8 heteroatoms. The maximum absolute atomic E-state index is 12.5. The highest BCUT2D eigenvalue weighted by atomic mass is 127. The van der Waals surface area contributed by atoms with E-state index in [1.807, 2.05) is 24.1 Å². The Hall–Kier alpha value is -1.55. The first-order valence-electron chi connectivity index (χ1n) is 11.7. The second-order valence-corrected chi connectivity index (χ2v) is 8.64. The summed E-state index contributed by atoms with van der Waals surface area (Å²) in [6, 6.07) is 8.33. The molecule has 32 heavy (non-hydrogen) atoms. The van der Waals surface area contributed by atoms with E-state index in [4.69, 9.17) is 4.74 Å². The van der Waals surface area contributed by atoms with Gasteiger partial charge in [-0.1, -0.05) is 19.1 Å². The van der Waals surface area contributed by atoms with Crippen LogP contribution in [0.5, 0.6) is 5.75 Å². The number of piperazine rings is 1. The van der Waals surface area contributed by atoms with Gasteiger partial charge in [0.05, 0.1) is 13.7 Å². The summed E-state index contributed by atoms with van der Waals surface area (Å²) in [7, 11) is 3.54. The molecule has 0 saturated carbocycles. The van der Waals surface area contributed by atoms with Crippen molar-refractivity contribution in [3.05, 3.63) is 29.8 Å². The highest BCUT2D eigenvalue weighted by Crippen LogP contribution is 2.21. The van der Waals surface area contributed by atoms with Crippen molar-refractivity contribution in [3.63, 3.8) is 0 Å². The summed E-state index contributed by atoms with van der Waals surface area (Å²) in [5.41, 5.74) is 1.32. The molecule has 2 heterocycles. The minimum Gasteiger partial charge on any atom is -0.497 e. The van der Waals surface area contributed by atoms with Crippen molar-refractivity contribution in [3.8, 4) is 5.75 Å². The molecule has 2 aliphatic rings. The Kier molecular flexibility index (Phi) is 11.6. The van der Waals surface area contributed by atoms with Gasteiger partial charge in [0.25, 0.3) is 0 Å². The minimum atomic E-state index is 0. The molecule has 3 rings (SSSR count). The number of carbonyl (C=O) groups is 1. The third kappa shape index (κ3) is 7.79. The monoisotopic (exact) mass is 557 g/mol. The standard InChI is InChI=1S/C24H39N5O2.HI/c1-20(21-7-9-22(31-3)10-8-21)11-12-26-24(25-2)29-17-15-27(16-18-29)19-23(30)28-13-5-4-6-14-28;/h7-10,20H,4-6,11-19H2,1-3H3,(H,25,26);1H. The molecular formula is C24H40IN5O2. The van der Waals surface area contributed by atoms with Gasteiger partial charge >= 0.3 is 0 Å². The molecule has 0 bridgehead atoms. The van der Waals surface area contributed by atoms with E-state index in [0.29, 0.717) is 18.4 Å². The highest BCUT2D eigenvalue weighted by Gasteiger charge is 2.24. The fraction of sp³-hybridized carbons (Fsp3) is 0.667. The molecule has 1 amide bonds. The number of guanidine groups is 1. The van der Waals surface area contributed by atoms with E-state index in [-0.39, 0.29) is 24.0 Å². The van der Waals surface area contributed by atoms with E-state index in [9.17, 15) is 4.79 Å². The van der Waals surface area contributed by atoms with Crippen LogP contribution in [0.25, 0.3) is 0 Å². The van der Waals surface area contributed by atoms with Crippen molar-refractivity contribution >= 4 is 35.8 Å². The van der Waals surface area contributed by atoms with Crippen LogP contribution in [-0.4, -0.2) is 93.1 Å². The first-order valence-corrected chi connectivity index (χ1v) is 11.7. The van der Waals surface area contributed by atoms with Gasteiger partial charge in [0.2, 0.25) is 5.91 Å². The Balaban J connectivity index is 0.00000363. The van der Waals surface area contributed by atoms with Crippen molar-refractivity contribution in [1.82, 2.24) is 20.0 Å². The third-order valence-corrected chi connectivity index (χ3v) is 6.50. The zero-order chi connectivity index (χ0) is 22.1. The fourth-order valence-corrected chi connectivity index (χ4v) is 4.38. The van der Waals surface area contributed by atoms with Crippen LogP contribution in [0.4, 0.5) is 0 Å². The van der Waals surface area contributed by atoms with Crippen molar-refractivity contribution in [2.24, 2.45) is 4.99 Å². The van der Waals surface area contributed by atoms with Gasteiger partial charge in [0.15, 0.2) is 5.96 Å². The average Bonchev–Trinajstić information content (AvgIpc) is 2.83. The topological polar surface area (TPSA) is 60.4 Å². The van der Waals surface area contributed by atoms with E-state index in [0.717, 1.165) is 76.8 Å². The number of ether oxygens (including phenoxy) is 1. The lowest BCUT2D eigenvalue weighted by Crippen LogP contribution is -2.54. The largest absolute Gasteiger partial charge is 0.497 e. The van der Waals surface area contributed by atoms with Crippen LogP contribution < -0.4 is 10.1 Å². The predicted molar refractivity (Wildman–Crippen MR) is 141 cm³/mol. The molecule has 180 valence electrons. The lowest BCUT2D eigenvalue weighted by molar-refractivity contribution is -0.133. The molecule has 2 fully saturated rings. The Labute approximate surface area is 210 Å². The SMILES string of the molecule is CN=C(NCCC(C)c1ccc(OC)cc1)N1CCN(CC(=O)N2CCCCC2)CC1.I. The number of carbonyl (C=O) groups excluding carboxylic acids is 1. The van der Waals surface area contributed by atoms with Gasteiger partial charge in [0, 0.05) is 52.9 Å². The molecule has 7 nitrogen and oxygen atoms in total. The first kappa shape index (κ1) is 26.7. The number of halogens is 1. The number of nitrogens with one attached hydrogen (secondary N) is 1. The summed E-state index contributed by atoms with van der Waals surface area (Å²) in [6.07, 6.45) is 4.60. The predicted octanol–water partition coefficient (Wildman–Crippen LogP) is 3.01. The average molecular weight is 558 g/mol. The minimum absolute atomic E-state index is 0. The molecule has 1 aromatic carbocycles. The summed E-state index contributed by atoms with van der Waals surface area (Å²) < 4.78 is 5.24. The Bertz CT molecular complexity index is 714. The lowest BCUT2D eigenvalue weighted by atomic mass is 9.98. The number of benzene rings is 1. The zero-order valence-corrected chi connectivity index (χ0v) is 22.2. The van der Waals surface area contributed by atoms with Crippen molar-refractivity contribution < 1.29 is 9.53 Å². The van der Waals surface area contributed by atoms with E-state index in [1.165, 1.54) is 12.0 Å². The highest BCUT2D eigenvalue weighted by molar-refractivity contribution is 14.0. The van der Waals surface area contributed by atoms with Gasteiger partial charge < -0.3 is 19.9 Å². The van der Waals surface area contributed by atoms with Gasteiger partial charge in [-0.15, -0.1) is 24.0 Å². The normalized spacial score (nSPS) is 18.7. The maximum atomic E-state index is 12.5. The number of piperidine rings is 1. The second-order valence-electron chi connectivity index (χ2n) is 8.64. The summed E-state index contributed by atoms with van der Waals surface area (Å²) >= 11 is 0. The van der Waals surface area contributed by atoms with E-state index < -0.39 is 0 Å². The van der Waals surface area contributed by atoms with Gasteiger partial charge in [-0.25, -0.2) is 0 Å². The number of likely N-dealkylation sites (tertiary alicyclic amines) is 1.